The van der Waals surface area contributed by atoms with E-state index in [1.807, 2.05) is 0 Å². The van der Waals surface area contributed by atoms with Crippen LogP contribution in [-0.2, 0) is 4.79 Å². The molecule has 1 atom stereocenters. The number of amides is 2. The largest absolute Gasteiger partial charge is 0.479 e. The van der Waals surface area contributed by atoms with E-state index in [0.717, 1.165) is 0 Å². The molecule has 1 rings (SSSR count). The molecular weight excluding hydrogens is 327 g/mol. The first-order valence-corrected chi connectivity index (χ1v) is 5.98. The van der Waals surface area contributed by atoms with Gasteiger partial charge in [0.25, 0.3) is 0 Å². The highest BCUT2D eigenvalue weighted by Gasteiger charge is 2.14. The molecule has 18 heavy (non-hydrogen) atoms. The van der Waals surface area contributed by atoms with E-state index in [1.54, 1.807) is 18.2 Å². The highest BCUT2D eigenvalue weighted by molar-refractivity contribution is 9.10. The summed E-state index contributed by atoms with van der Waals surface area (Å²) in [5, 5.41) is 22.5. The lowest BCUT2D eigenvalue weighted by molar-refractivity contribution is -0.146. The Kier molecular flexibility index (Phi) is 5.39. The summed E-state index contributed by atoms with van der Waals surface area (Å²) in [7, 11) is 0. The summed E-state index contributed by atoms with van der Waals surface area (Å²) in [6.45, 7) is -0.390. The van der Waals surface area contributed by atoms with Gasteiger partial charge >= 0.3 is 12.0 Å². The zero-order valence-electron chi connectivity index (χ0n) is 8.98. The molecule has 1 unspecified atom stereocenters. The van der Waals surface area contributed by atoms with Gasteiger partial charge in [0, 0.05) is 0 Å². The summed E-state index contributed by atoms with van der Waals surface area (Å²) in [4.78, 5) is 21.7. The zero-order chi connectivity index (χ0) is 13.7. The number of carboxylic acids is 1. The topological polar surface area (TPSA) is 98.7 Å². The highest BCUT2D eigenvalue weighted by atomic mass is 79.9. The number of hydrogen-bond acceptors (Lipinski definition) is 3. The summed E-state index contributed by atoms with van der Waals surface area (Å²) in [5.74, 6) is -1.40. The van der Waals surface area contributed by atoms with Crippen LogP contribution < -0.4 is 10.6 Å². The van der Waals surface area contributed by atoms with Crippen LogP contribution in [0.5, 0.6) is 0 Å². The summed E-state index contributed by atoms with van der Waals surface area (Å²) in [5.41, 5.74) is 0.435. The van der Waals surface area contributed by atoms with Crippen LogP contribution in [0.3, 0.4) is 0 Å². The molecule has 0 aliphatic carbocycles. The van der Waals surface area contributed by atoms with Crippen LogP contribution >= 0.6 is 27.5 Å². The molecule has 0 heterocycles. The lowest BCUT2D eigenvalue weighted by Crippen LogP contribution is -2.38. The fourth-order valence-corrected chi connectivity index (χ4v) is 1.58. The van der Waals surface area contributed by atoms with E-state index in [2.05, 4.69) is 26.6 Å². The molecule has 4 N–H and O–H groups in total. The zero-order valence-corrected chi connectivity index (χ0v) is 11.3. The minimum atomic E-state index is -1.64. The first-order chi connectivity index (χ1) is 8.41. The second kappa shape index (κ2) is 6.58. The van der Waals surface area contributed by atoms with Gasteiger partial charge in [0.1, 0.15) is 0 Å². The van der Waals surface area contributed by atoms with E-state index in [4.69, 9.17) is 21.8 Å². The number of hydrogen-bond donors (Lipinski definition) is 4. The van der Waals surface area contributed by atoms with Gasteiger partial charge in [-0.15, -0.1) is 0 Å². The van der Waals surface area contributed by atoms with E-state index in [0.29, 0.717) is 15.2 Å². The van der Waals surface area contributed by atoms with Gasteiger partial charge in [0.15, 0.2) is 6.10 Å². The van der Waals surface area contributed by atoms with Crippen molar-refractivity contribution in [2.75, 3.05) is 11.9 Å². The smallest absolute Gasteiger partial charge is 0.334 e. The quantitative estimate of drug-likeness (QED) is 0.671. The van der Waals surface area contributed by atoms with E-state index in [1.165, 1.54) is 0 Å². The Morgan fingerprint density at radius 2 is 2.11 bits per heavy atom. The number of nitrogens with one attached hydrogen (secondary N) is 2. The molecule has 8 heteroatoms. The molecular formula is C10H10BrClN2O4. The number of aliphatic hydroxyl groups excluding tert-OH is 1. The van der Waals surface area contributed by atoms with E-state index in [9.17, 15) is 9.59 Å². The molecule has 1 aromatic carbocycles. The molecule has 0 saturated heterocycles. The lowest BCUT2D eigenvalue weighted by Gasteiger charge is -2.11. The van der Waals surface area contributed by atoms with Gasteiger partial charge in [-0.05, 0) is 28.1 Å². The number of rotatable bonds is 4. The Labute approximate surface area is 116 Å². The van der Waals surface area contributed by atoms with Crippen molar-refractivity contribution in [3.63, 3.8) is 0 Å². The predicted molar refractivity (Wildman–Crippen MR) is 69.8 cm³/mol. The van der Waals surface area contributed by atoms with Gasteiger partial charge in [0.05, 0.1) is 21.7 Å². The number of carbonyl (C=O) groups excluding carboxylic acids is 1. The van der Waals surface area contributed by atoms with Crippen molar-refractivity contribution in [2.24, 2.45) is 0 Å². The summed E-state index contributed by atoms with van der Waals surface area (Å²) in [6.07, 6.45) is -1.64. The minimum absolute atomic E-state index is 0.390. The normalized spacial score (nSPS) is 11.7. The number of aliphatic hydroxyl groups is 1. The molecule has 0 aliphatic rings. The number of benzene rings is 1. The van der Waals surface area contributed by atoms with Gasteiger partial charge < -0.3 is 20.8 Å². The van der Waals surface area contributed by atoms with Crippen molar-refractivity contribution in [1.82, 2.24) is 5.32 Å². The third-order valence-corrected chi connectivity index (χ3v) is 3.34. The lowest BCUT2D eigenvalue weighted by atomic mass is 10.3. The van der Waals surface area contributed by atoms with Crippen LogP contribution in [0, 0.1) is 0 Å². The second-order valence-corrected chi connectivity index (χ2v) is 4.49. The summed E-state index contributed by atoms with van der Waals surface area (Å²) >= 11 is 9.02. The molecule has 0 radical (unpaired) electrons. The van der Waals surface area contributed by atoms with E-state index >= 15 is 0 Å². The number of carboxylic acid groups (broad SMARTS) is 1. The fraction of sp³-hybridized carbons (Fsp3) is 0.200. The number of aliphatic carboxylic acids is 1. The SMILES string of the molecule is O=C(NCC(O)C(=O)O)Nc1cccc(Cl)c1Br. The van der Waals surface area contributed by atoms with Crippen molar-refractivity contribution in [3.05, 3.63) is 27.7 Å². The van der Waals surface area contributed by atoms with Crippen LogP contribution in [-0.4, -0.2) is 34.9 Å². The molecule has 0 aliphatic heterocycles. The predicted octanol–water partition coefficient (Wildman–Crippen LogP) is 1.67. The minimum Gasteiger partial charge on any atom is -0.479 e. The Bertz CT molecular complexity index is 469. The second-order valence-electron chi connectivity index (χ2n) is 3.29. The average molecular weight is 338 g/mol. The highest BCUT2D eigenvalue weighted by Crippen LogP contribution is 2.29. The van der Waals surface area contributed by atoms with Gasteiger partial charge in [0.2, 0.25) is 0 Å². The summed E-state index contributed by atoms with van der Waals surface area (Å²) in [6, 6.07) is 4.26. The Balaban J connectivity index is 2.55. The molecule has 1 aromatic rings. The van der Waals surface area contributed by atoms with Gasteiger partial charge in [-0.25, -0.2) is 9.59 Å². The van der Waals surface area contributed by atoms with Crippen LogP contribution in [0.1, 0.15) is 0 Å². The van der Waals surface area contributed by atoms with Crippen molar-refractivity contribution in [3.8, 4) is 0 Å². The van der Waals surface area contributed by atoms with Crippen LogP contribution in [0.4, 0.5) is 10.5 Å². The van der Waals surface area contributed by atoms with Crippen molar-refractivity contribution >= 4 is 45.2 Å². The van der Waals surface area contributed by atoms with Crippen molar-refractivity contribution in [1.29, 1.82) is 0 Å². The Morgan fingerprint density at radius 3 is 2.72 bits per heavy atom. The van der Waals surface area contributed by atoms with Crippen LogP contribution in [0.2, 0.25) is 5.02 Å². The van der Waals surface area contributed by atoms with E-state index in [-0.39, 0.29) is 6.54 Å². The third-order valence-electron chi connectivity index (χ3n) is 1.94. The molecule has 98 valence electrons. The van der Waals surface area contributed by atoms with Crippen LogP contribution in [0.25, 0.3) is 0 Å². The molecule has 0 saturated carbocycles. The average Bonchev–Trinajstić information content (AvgIpc) is 2.32. The van der Waals surface area contributed by atoms with Gasteiger partial charge in [-0.1, -0.05) is 17.7 Å². The molecule has 0 fully saturated rings. The maximum absolute atomic E-state index is 11.4. The Morgan fingerprint density at radius 1 is 1.44 bits per heavy atom. The molecule has 0 spiro atoms. The number of anilines is 1. The number of halogens is 2. The number of urea groups is 1. The molecule has 6 nitrogen and oxygen atoms in total. The van der Waals surface area contributed by atoms with Crippen molar-refractivity contribution < 1.29 is 19.8 Å². The van der Waals surface area contributed by atoms with Crippen LogP contribution in [0.15, 0.2) is 22.7 Å². The standard InChI is InChI=1S/C10H10BrClN2O4/c11-8-5(12)2-1-3-6(8)14-10(18)13-4-7(15)9(16)17/h1-3,7,15H,4H2,(H,16,17)(H2,13,14,18). The van der Waals surface area contributed by atoms with Gasteiger partial charge in [-0.3, -0.25) is 0 Å². The molecule has 0 bridgehead atoms. The Hall–Kier alpha value is -1.31. The summed E-state index contributed by atoms with van der Waals surface area (Å²) < 4.78 is 0.514. The first-order valence-electron chi connectivity index (χ1n) is 4.81. The maximum atomic E-state index is 11.4. The first kappa shape index (κ1) is 14.7. The van der Waals surface area contributed by atoms with Crippen molar-refractivity contribution in [2.45, 2.75) is 6.10 Å². The third kappa shape index (κ3) is 4.17. The maximum Gasteiger partial charge on any atom is 0.334 e. The number of carbonyl (C=O) groups is 2. The monoisotopic (exact) mass is 336 g/mol. The molecule has 2 amide bonds. The molecule has 0 aromatic heterocycles. The van der Waals surface area contributed by atoms with E-state index < -0.39 is 18.1 Å². The van der Waals surface area contributed by atoms with Gasteiger partial charge in [-0.2, -0.15) is 0 Å². The fourth-order valence-electron chi connectivity index (χ4n) is 1.04.